The van der Waals surface area contributed by atoms with E-state index >= 15 is 0 Å². The van der Waals surface area contributed by atoms with Gasteiger partial charge in [-0.3, -0.25) is 14.3 Å². The lowest BCUT2D eigenvalue weighted by Gasteiger charge is -2.14. The van der Waals surface area contributed by atoms with Gasteiger partial charge in [-0.05, 0) is 42.0 Å². The molecule has 0 aliphatic heterocycles. The first-order valence-electron chi connectivity index (χ1n) is 9.32. The highest BCUT2D eigenvalue weighted by atomic mass is 35.5. The summed E-state index contributed by atoms with van der Waals surface area (Å²) in [5.41, 5.74) is 1.13. The molecule has 0 fully saturated rings. The van der Waals surface area contributed by atoms with Gasteiger partial charge in [-0.15, -0.1) is 0 Å². The van der Waals surface area contributed by atoms with E-state index in [4.69, 9.17) is 23.2 Å². The van der Waals surface area contributed by atoms with Gasteiger partial charge in [0.25, 0.3) is 10.0 Å². The zero-order valence-electron chi connectivity index (χ0n) is 16.5. The Morgan fingerprint density at radius 1 is 0.844 bits per heavy atom. The van der Waals surface area contributed by atoms with E-state index in [0.717, 1.165) is 0 Å². The van der Waals surface area contributed by atoms with Crippen molar-refractivity contribution in [2.24, 2.45) is 0 Å². The predicted octanol–water partition coefficient (Wildman–Crippen LogP) is 4.99. The first-order valence-corrected chi connectivity index (χ1v) is 11.6. The highest BCUT2D eigenvalue weighted by Gasteiger charge is 2.24. The Hall–Kier alpha value is -3.07. The van der Waals surface area contributed by atoms with Gasteiger partial charge in [0.2, 0.25) is 5.91 Å². The summed E-state index contributed by atoms with van der Waals surface area (Å²) < 4.78 is 27.6. The van der Waals surface area contributed by atoms with Crippen LogP contribution in [0.15, 0.2) is 77.7 Å². The first-order chi connectivity index (χ1) is 15.2. The maximum absolute atomic E-state index is 12.6. The van der Waals surface area contributed by atoms with Gasteiger partial charge in [0.05, 0.1) is 16.0 Å². The maximum Gasteiger partial charge on any atom is 0.311 e. The van der Waals surface area contributed by atoms with E-state index in [2.05, 4.69) is 10.0 Å². The van der Waals surface area contributed by atoms with Crippen LogP contribution in [0.4, 0.5) is 11.4 Å². The van der Waals surface area contributed by atoms with Crippen molar-refractivity contribution in [2.75, 3.05) is 10.0 Å². The Balaban J connectivity index is 1.68. The molecule has 0 aliphatic carbocycles. The van der Waals surface area contributed by atoms with Gasteiger partial charge in [-0.25, -0.2) is 8.42 Å². The third-order valence-electron chi connectivity index (χ3n) is 4.50. The van der Waals surface area contributed by atoms with Crippen LogP contribution < -0.4 is 10.0 Å². The van der Waals surface area contributed by atoms with Crippen molar-refractivity contribution < 1.29 is 23.1 Å². The lowest BCUT2D eigenvalue weighted by atomic mass is 9.95. The summed E-state index contributed by atoms with van der Waals surface area (Å²) in [7, 11) is -4.03. The van der Waals surface area contributed by atoms with Crippen LogP contribution in [-0.4, -0.2) is 25.4 Å². The molecular formula is C22H18Cl2N2O5S. The summed E-state index contributed by atoms with van der Waals surface area (Å²) in [5, 5.41) is 12.0. The highest BCUT2D eigenvalue weighted by molar-refractivity contribution is 7.93. The van der Waals surface area contributed by atoms with Crippen molar-refractivity contribution in [1.29, 1.82) is 0 Å². The summed E-state index contributed by atoms with van der Waals surface area (Å²) in [6.07, 6.45) is -0.251. The van der Waals surface area contributed by atoms with Crippen molar-refractivity contribution in [3.05, 3.63) is 88.4 Å². The largest absolute Gasteiger partial charge is 0.481 e. The number of carboxylic acid groups (broad SMARTS) is 1. The summed E-state index contributed by atoms with van der Waals surface area (Å²) in [4.78, 5) is 23.7. The molecule has 3 aromatic carbocycles. The van der Waals surface area contributed by atoms with Gasteiger partial charge in [0, 0.05) is 17.8 Å². The molecule has 0 heterocycles. The fraction of sp³-hybridized carbons (Fsp3) is 0.0909. The van der Waals surface area contributed by atoms with Crippen molar-refractivity contribution >= 4 is 56.5 Å². The molecule has 10 heteroatoms. The van der Waals surface area contributed by atoms with E-state index in [1.165, 1.54) is 42.5 Å². The van der Waals surface area contributed by atoms with Crippen LogP contribution >= 0.6 is 23.2 Å². The van der Waals surface area contributed by atoms with Crippen LogP contribution in [0.3, 0.4) is 0 Å². The number of carbonyl (C=O) groups is 2. The van der Waals surface area contributed by atoms with E-state index < -0.39 is 27.8 Å². The minimum atomic E-state index is -4.03. The third kappa shape index (κ3) is 5.79. The number of amides is 1. The molecule has 3 rings (SSSR count). The first kappa shape index (κ1) is 23.6. The number of hydrogen-bond acceptors (Lipinski definition) is 4. The minimum absolute atomic E-state index is 0.0136. The third-order valence-corrected chi connectivity index (χ3v) is 6.83. The maximum atomic E-state index is 12.6. The van der Waals surface area contributed by atoms with Gasteiger partial charge >= 0.3 is 5.97 Å². The molecule has 166 valence electrons. The molecule has 0 spiro atoms. The second-order valence-corrected chi connectivity index (χ2v) is 9.22. The zero-order chi connectivity index (χ0) is 23.3. The molecule has 1 amide bonds. The number of carbonyl (C=O) groups excluding carboxylic acids is 1. The molecule has 7 nitrogen and oxygen atoms in total. The van der Waals surface area contributed by atoms with Crippen LogP contribution in [0.1, 0.15) is 17.9 Å². The van der Waals surface area contributed by atoms with E-state index in [9.17, 15) is 23.1 Å². The number of anilines is 2. The molecule has 0 bridgehead atoms. The second-order valence-electron chi connectivity index (χ2n) is 6.79. The smallest absolute Gasteiger partial charge is 0.311 e. The number of nitrogens with one attached hydrogen (secondary N) is 2. The molecule has 32 heavy (non-hydrogen) atoms. The SMILES string of the molecule is O=C(C[C@H](C(=O)O)c1ccccc1)Nc1ccc(NS(=O)(=O)c2c(Cl)cccc2Cl)cc1. The Labute approximate surface area is 195 Å². The predicted molar refractivity (Wildman–Crippen MR) is 124 cm³/mol. The minimum Gasteiger partial charge on any atom is -0.481 e. The van der Waals surface area contributed by atoms with Crippen LogP contribution in [-0.2, 0) is 19.6 Å². The summed E-state index contributed by atoms with van der Waals surface area (Å²) >= 11 is 12.0. The molecule has 0 saturated heterocycles. The monoisotopic (exact) mass is 492 g/mol. The Morgan fingerprint density at radius 3 is 1.97 bits per heavy atom. The fourth-order valence-corrected chi connectivity index (χ4v) is 5.20. The topological polar surface area (TPSA) is 113 Å². The number of rotatable bonds is 8. The van der Waals surface area contributed by atoms with Gasteiger partial charge in [-0.1, -0.05) is 59.6 Å². The number of benzene rings is 3. The van der Waals surface area contributed by atoms with Gasteiger partial charge in [0.15, 0.2) is 0 Å². The number of hydrogen-bond donors (Lipinski definition) is 3. The van der Waals surface area contributed by atoms with Crippen molar-refractivity contribution in [3.8, 4) is 0 Å². The van der Waals surface area contributed by atoms with Gasteiger partial charge < -0.3 is 10.4 Å². The zero-order valence-corrected chi connectivity index (χ0v) is 18.8. The quantitative estimate of drug-likeness (QED) is 0.409. The van der Waals surface area contributed by atoms with E-state index in [1.54, 1.807) is 30.3 Å². The molecule has 0 unspecified atom stereocenters. The van der Waals surface area contributed by atoms with Crippen LogP contribution in [0.5, 0.6) is 0 Å². The molecule has 0 radical (unpaired) electrons. The molecule has 0 aromatic heterocycles. The lowest BCUT2D eigenvalue weighted by molar-refractivity contribution is -0.140. The van der Waals surface area contributed by atoms with Gasteiger partial charge in [0.1, 0.15) is 4.90 Å². The Morgan fingerprint density at radius 2 is 1.41 bits per heavy atom. The molecule has 3 aromatic rings. The van der Waals surface area contributed by atoms with Crippen molar-refractivity contribution in [3.63, 3.8) is 0 Å². The average molecular weight is 493 g/mol. The summed E-state index contributed by atoms with van der Waals surface area (Å²) in [6.45, 7) is 0. The van der Waals surface area contributed by atoms with Crippen LogP contribution in [0.25, 0.3) is 0 Å². The Bertz CT molecular complexity index is 1210. The standard InChI is InChI=1S/C22H18Cl2N2O5S/c23-18-7-4-8-19(24)21(18)32(30,31)26-16-11-9-15(10-12-16)25-20(27)13-17(22(28)29)14-5-2-1-3-6-14/h1-12,17,26H,13H2,(H,25,27)(H,28,29)/t17-/m0/s1. The van der Waals surface area contributed by atoms with E-state index in [-0.39, 0.29) is 27.0 Å². The highest BCUT2D eigenvalue weighted by Crippen LogP contribution is 2.30. The van der Waals surface area contributed by atoms with Crippen molar-refractivity contribution in [2.45, 2.75) is 17.2 Å². The second kappa shape index (κ2) is 10.0. The number of halogens is 2. The van der Waals surface area contributed by atoms with Gasteiger partial charge in [-0.2, -0.15) is 0 Å². The number of carboxylic acids is 1. The van der Waals surface area contributed by atoms with E-state index in [0.29, 0.717) is 11.3 Å². The lowest BCUT2D eigenvalue weighted by Crippen LogP contribution is -2.21. The van der Waals surface area contributed by atoms with Crippen LogP contribution in [0, 0.1) is 0 Å². The summed E-state index contributed by atoms with van der Waals surface area (Å²) in [5.74, 6) is -2.57. The fourth-order valence-electron chi connectivity index (χ4n) is 3.00. The molecule has 3 N–H and O–H groups in total. The molecule has 0 aliphatic rings. The molecule has 1 atom stereocenters. The average Bonchev–Trinajstić information content (AvgIpc) is 2.73. The number of aliphatic carboxylic acids is 1. The summed E-state index contributed by atoms with van der Waals surface area (Å²) in [6, 6.07) is 18.7. The normalized spacial score (nSPS) is 12.1. The van der Waals surface area contributed by atoms with Crippen molar-refractivity contribution in [1.82, 2.24) is 0 Å². The van der Waals surface area contributed by atoms with E-state index in [1.807, 2.05) is 0 Å². The molecular weight excluding hydrogens is 475 g/mol. The Kier molecular flexibility index (Phi) is 7.40. The molecule has 0 saturated carbocycles. The van der Waals surface area contributed by atoms with Crippen LogP contribution in [0.2, 0.25) is 10.0 Å². The number of sulfonamides is 1.